The number of ether oxygens (including phenoxy) is 1. The van der Waals surface area contributed by atoms with Crippen LogP contribution in [-0.2, 0) is 6.54 Å². The molecule has 1 N–H and O–H groups in total. The summed E-state index contributed by atoms with van der Waals surface area (Å²) in [5.74, 6) is 0.802. The van der Waals surface area contributed by atoms with Crippen molar-refractivity contribution in [2.75, 3.05) is 32.6 Å². The largest absolute Gasteiger partial charge is 0.490 e. The fourth-order valence-corrected chi connectivity index (χ4v) is 3.12. The van der Waals surface area contributed by atoms with Crippen molar-refractivity contribution in [2.45, 2.75) is 13.5 Å². The van der Waals surface area contributed by atoms with Gasteiger partial charge in [0.25, 0.3) is 0 Å². The summed E-state index contributed by atoms with van der Waals surface area (Å²) in [6.45, 7) is 4.10. The van der Waals surface area contributed by atoms with E-state index in [-0.39, 0.29) is 24.8 Å². The molecule has 0 atom stereocenters. The van der Waals surface area contributed by atoms with Gasteiger partial charge in [-0.1, -0.05) is 41.4 Å². The Bertz CT molecular complexity index is 951. The highest BCUT2D eigenvalue weighted by Gasteiger charge is 2.10. The molecule has 1 heterocycles. The molecule has 3 aromatic rings. The molecule has 0 bridgehead atoms. The zero-order chi connectivity index (χ0) is 19.4. The number of hydrogen-bond donors (Lipinski definition) is 1. The van der Waals surface area contributed by atoms with Crippen molar-refractivity contribution in [3.8, 4) is 5.75 Å². The highest BCUT2D eigenvalue weighted by molar-refractivity contribution is 6.42. The molecule has 158 valence electrons. The van der Waals surface area contributed by atoms with Gasteiger partial charge in [0.05, 0.1) is 10.0 Å². The van der Waals surface area contributed by atoms with Crippen LogP contribution in [-0.4, -0.2) is 37.1 Å². The summed E-state index contributed by atoms with van der Waals surface area (Å²) in [4.78, 5) is 6.79. The number of rotatable bonds is 7. The molecule has 0 saturated carbocycles. The van der Waals surface area contributed by atoms with Crippen molar-refractivity contribution in [2.24, 2.45) is 0 Å². The van der Waals surface area contributed by atoms with Crippen molar-refractivity contribution in [1.29, 1.82) is 0 Å². The third-order valence-electron chi connectivity index (χ3n) is 4.19. The summed E-state index contributed by atoms with van der Waals surface area (Å²) in [5, 5.41) is 5.64. The number of benzene rings is 2. The molecule has 0 amide bonds. The topological polar surface area (TPSA) is 37.4 Å². The smallest absolute Gasteiger partial charge is 0.145 e. The van der Waals surface area contributed by atoms with E-state index in [2.05, 4.69) is 16.3 Å². The summed E-state index contributed by atoms with van der Waals surface area (Å²) < 4.78 is 5.97. The second-order valence-electron chi connectivity index (χ2n) is 6.72. The lowest BCUT2D eigenvalue weighted by Crippen LogP contribution is -2.19. The van der Waals surface area contributed by atoms with Gasteiger partial charge in [-0.3, -0.25) is 0 Å². The number of aromatic nitrogens is 1. The third-order valence-corrected chi connectivity index (χ3v) is 4.93. The van der Waals surface area contributed by atoms with Crippen LogP contribution >= 0.6 is 48.0 Å². The highest BCUT2D eigenvalue weighted by atomic mass is 35.5. The first-order valence-electron chi connectivity index (χ1n) is 8.80. The average Bonchev–Trinajstić information content (AvgIpc) is 2.62. The molecule has 2 aromatic carbocycles. The normalized spacial score (nSPS) is 10.4. The van der Waals surface area contributed by atoms with Crippen LogP contribution < -0.4 is 10.1 Å². The summed E-state index contributed by atoms with van der Waals surface area (Å²) in [7, 11) is 4.06. The van der Waals surface area contributed by atoms with E-state index in [1.807, 2.05) is 57.4 Å². The molecule has 8 heteroatoms. The first-order chi connectivity index (χ1) is 12.9. The Labute approximate surface area is 194 Å². The number of aryl methyl sites for hydroxylation is 1. The summed E-state index contributed by atoms with van der Waals surface area (Å²) in [6.07, 6.45) is 0. The van der Waals surface area contributed by atoms with E-state index in [0.717, 1.165) is 40.1 Å². The second-order valence-corrected chi connectivity index (χ2v) is 7.53. The Hall–Kier alpha value is -1.43. The standard InChI is InChI=1S/C21H23Cl2N3O.2ClH/c1-14-11-19(24-13-15-7-8-17(22)18(23)12-15)16-5-4-6-20(21(16)25-14)27-10-9-26(2)3;;/h4-8,11-12H,9-10,13H2,1-3H3,(H,24,25);2*1H. The Kier molecular flexibility index (Phi) is 10.3. The maximum Gasteiger partial charge on any atom is 0.145 e. The molecule has 0 aliphatic heterocycles. The van der Waals surface area contributed by atoms with E-state index in [1.165, 1.54) is 0 Å². The zero-order valence-corrected chi connectivity index (χ0v) is 19.7. The van der Waals surface area contributed by atoms with Gasteiger partial charge in [0.1, 0.15) is 17.9 Å². The van der Waals surface area contributed by atoms with Crippen LogP contribution in [0.15, 0.2) is 42.5 Å². The maximum absolute atomic E-state index is 6.12. The Balaban J connectivity index is 0.00000210. The second kappa shape index (κ2) is 11.7. The van der Waals surface area contributed by atoms with Gasteiger partial charge < -0.3 is 15.0 Å². The molecule has 0 fully saturated rings. The highest BCUT2D eigenvalue weighted by Crippen LogP contribution is 2.31. The molecule has 0 aliphatic rings. The van der Waals surface area contributed by atoms with Gasteiger partial charge in [-0.05, 0) is 50.8 Å². The molecular formula is C21H25Cl4N3O. The van der Waals surface area contributed by atoms with Crippen LogP contribution in [0.3, 0.4) is 0 Å². The number of nitrogens with zero attached hydrogens (tertiary/aromatic N) is 2. The number of likely N-dealkylation sites (N-methyl/N-ethyl adjacent to an activating group) is 1. The fraction of sp³-hybridized carbons (Fsp3) is 0.286. The zero-order valence-electron chi connectivity index (χ0n) is 16.5. The number of fused-ring (bicyclic) bond motifs is 1. The van der Waals surface area contributed by atoms with E-state index in [9.17, 15) is 0 Å². The van der Waals surface area contributed by atoms with Gasteiger partial charge >= 0.3 is 0 Å². The summed E-state index contributed by atoms with van der Waals surface area (Å²) >= 11 is 12.1. The molecule has 3 rings (SSSR count). The number of hydrogen-bond acceptors (Lipinski definition) is 4. The summed E-state index contributed by atoms with van der Waals surface area (Å²) in [6, 6.07) is 13.7. The fourth-order valence-electron chi connectivity index (χ4n) is 2.80. The van der Waals surface area contributed by atoms with E-state index < -0.39 is 0 Å². The van der Waals surface area contributed by atoms with Crippen LogP contribution in [0.2, 0.25) is 10.0 Å². The number of anilines is 1. The number of halogens is 4. The van der Waals surface area contributed by atoms with Crippen LogP contribution in [0, 0.1) is 6.92 Å². The number of para-hydroxylation sites is 1. The third kappa shape index (κ3) is 6.80. The monoisotopic (exact) mass is 475 g/mol. The number of nitrogens with one attached hydrogen (secondary N) is 1. The van der Waals surface area contributed by atoms with E-state index in [4.69, 9.17) is 32.9 Å². The van der Waals surface area contributed by atoms with Crippen LogP contribution in [0.25, 0.3) is 10.9 Å². The molecule has 29 heavy (non-hydrogen) atoms. The molecule has 0 unspecified atom stereocenters. The van der Waals surface area contributed by atoms with E-state index in [1.54, 1.807) is 0 Å². The maximum atomic E-state index is 6.12. The Morgan fingerprint density at radius 1 is 1.03 bits per heavy atom. The summed E-state index contributed by atoms with van der Waals surface area (Å²) in [5.41, 5.74) is 3.88. The molecule has 0 aliphatic carbocycles. The average molecular weight is 477 g/mol. The molecule has 0 spiro atoms. The van der Waals surface area contributed by atoms with Gasteiger partial charge in [-0.15, -0.1) is 24.8 Å². The van der Waals surface area contributed by atoms with Crippen LogP contribution in [0.1, 0.15) is 11.3 Å². The predicted molar refractivity (Wildman–Crippen MR) is 129 cm³/mol. The van der Waals surface area contributed by atoms with Crippen molar-refractivity contribution in [3.63, 3.8) is 0 Å². The molecular weight excluding hydrogens is 452 g/mol. The van der Waals surface area contributed by atoms with Gasteiger partial charge in [0, 0.05) is 29.9 Å². The first kappa shape index (κ1) is 25.6. The van der Waals surface area contributed by atoms with Gasteiger partial charge in [0.15, 0.2) is 0 Å². The lowest BCUT2D eigenvalue weighted by molar-refractivity contribution is 0.263. The van der Waals surface area contributed by atoms with Gasteiger partial charge in [-0.2, -0.15) is 0 Å². The van der Waals surface area contributed by atoms with Crippen molar-refractivity contribution in [3.05, 3.63) is 63.8 Å². The van der Waals surface area contributed by atoms with Gasteiger partial charge in [0.2, 0.25) is 0 Å². The van der Waals surface area contributed by atoms with E-state index in [0.29, 0.717) is 23.2 Å². The minimum atomic E-state index is 0. The van der Waals surface area contributed by atoms with Crippen molar-refractivity contribution >= 4 is 64.6 Å². The number of pyridine rings is 1. The van der Waals surface area contributed by atoms with Crippen LogP contribution in [0.5, 0.6) is 5.75 Å². The van der Waals surface area contributed by atoms with Crippen molar-refractivity contribution < 1.29 is 4.74 Å². The van der Waals surface area contributed by atoms with Crippen molar-refractivity contribution in [1.82, 2.24) is 9.88 Å². The molecule has 1 aromatic heterocycles. The van der Waals surface area contributed by atoms with Crippen LogP contribution in [0.4, 0.5) is 5.69 Å². The molecule has 0 radical (unpaired) electrons. The first-order valence-corrected chi connectivity index (χ1v) is 9.55. The minimum Gasteiger partial charge on any atom is -0.490 e. The quantitative estimate of drug-likeness (QED) is 0.437. The lowest BCUT2D eigenvalue weighted by atomic mass is 10.1. The SMILES string of the molecule is Cc1cc(NCc2ccc(Cl)c(Cl)c2)c2cccc(OCCN(C)C)c2n1.Cl.Cl. The minimum absolute atomic E-state index is 0. The lowest BCUT2D eigenvalue weighted by Gasteiger charge is -2.15. The van der Waals surface area contributed by atoms with E-state index >= 15 is 0 Å². The molecule has 0 saturated heterocycles. The molecule has 4 nitrogen and oxygen atoms in total. The Morgan fingerprint density at radius 2 is 1.79 bits per heavy atom. The van der Waals surface area contributed by atoms with Gasteiger partial charge in [-0.25, -0.2) is 4.98 Å². The Morgan fingerprint density at radius 3 is 2.48 bits per heavy atom. The predicted octanol–water partition coefficient (Wildman–Crippen LogP) is 6.25.